The summed E-state index contributed by atoms with van der Waals surface area (Å²) in [5, 5.41) is 17.0. The fourth-order valence-electron chi connectivity index (χ4n) is 4.71. The van der Waals surface area contributed by atoms with Crippen LogP contribution >= 0.6 is 0 Å². The number of fused-ring (bicyclic) bond motifs is 1. The van der Waals surface area contributed by atoms with E-state index in [2.05, 4.69) is 15.6 Å². The van der Waals surface area contributed by atoms with E-state index in [1.807, 2.05) is 22.7 Å². The molecule has 0 spiro atoms. The first-order valence-corrected chi connectivity index (χ1v) is 11.1. The molecule has 172 valence electrons. The zero-order valence-electron chi connectivity index (χ0n) is 18.2. The molecule has 2 amide bonds. The lowest BCUT2D eigenvalue weighted by Gasteiger charge is -2.32. The summed E-state index contributed by atoms with van der Waals surface area (Å²) >= 11 is 0. The van der Waals surface area contributed by atoms with Crippen molar-refractivity contribution in [2.75, 3.05) is 19.6 Å². The van der Waals surface area contributed by atoms with Crippen LogP contribution in [0.5, 0.6) is 0 Å². The SMILES string of the molecule is CC(=O)N1CCC(NC[C@H]2O[C@@H]3C[C@@H](CC(=O)NCc4nccn4C)O[C@@H]3[C@@H]2O)CC1. The van der Waals surface area contributed by atoms with E-state index in [1.54, 1.807) is 13.1 Å². The Labute approximate surface area is 182 Å². The summed E-state index contributed by atoms with van der Waals surface area (Å²) in [7, 11) is 1.88. The summed E-state index contributed by atoms with van der Waals surface area (Å²) in [6.45, 7) is 4.06. The van der Waals surface area contributed by atoms with Crippen LogP contribution in [-0.2, 0) is 32.7 Å². The molecule has 0 radical (unpaired) electrons. The smallest absolute Gasteiger partial charge is 0.222 e. The molecule has 10 nitrogen and oxygen atoms in total. The second-order valence-electron chi connectivity index (χ2n) is 8.79. The van der Waals surface area contributed by atoms with Gasteiger partial charge in [0.15, 0.2) is 0 Å². The quantitative estimate of drug-likeness (QED) is 0.519. The third-order valence-corrected chi connectivity index (χ3v) is 6.60. The second-order valence-corrected chi connectivity index (χ2v) is 8.79. The van der Waals surface area contributed by atoms with Crippen LogP contribution in [0.1, 0.15) is 38.4 Å². The maximum atomic E-state index is 12.2. The number of rotatable bonds is 7. The van der Waals surface area contributed by atoms with Crippen LogP contribution in [0, 0.1) is 0 Å². The fourth-order valence-corrected chi connectivity index (χ4v) is 4.71. The predicted molar refractivity (Wildman–Crippen MR) is 111 cm³/mol. The maximum Gasteiger partial charge on any atom is 0.222 e. The highest BCUT2D eigenvalue weighted by Gasteiger charge is 2.50. The minimum absolute atomic E-state index is 0.0995. The Morgan fingerprint density at radius 3 is 2.71 bits per heavy atom. The first kappa shape index (κ1) is 22.2. The van der Waals surface area contributed by atoms with E-state index in [1.165, 1.54) is 0 Å². The lowest BCUT2D eigenvalue weighted by molar-refractivity contribution is -0.130. The topological polar surface area (TPSA) is 118 Å². The first-order chi connectivity index (χ1) is 14.9. The van der Waals surface area contributed by atoms with Crippen molar-refractivity contribution in [3.05, 3.63) is 18.2 Å². The van der Waals surface area contributed by atoms with E-state index in [0.717, 1.165) is 31.8 Å². The molecule has 31 heavy (non-hydrogen) atoms. The standard InChI is InChI=1S/C21H33N5O5/c1-13(27)26-6-3-14(4-7-26)23-11-17-20(29)21-16(31-17)9-15(30-21)10-19(28)24-12-18-22-5-8-25(18)2/h5,8,14-17,20-21,23,29H,3-4,6-7,9-12H2,1-2H3,(H,24,28)/t15-,16+,17+,20+,21-/m0/s1. The number of nitrogens with one attached hydrogen (secondary N) is 2. The Bertz CT molecular complexity index is 778. The summed E-state index contributed by atoms with van der Waals surface area (Å²) in [5.74, 6) is 0.814. The molecular formula is C21H33N5O5. The first-order valence-electron chi connectivity index (χ1n) is 11.1. The molecule has 4 rings (SSSR count). The normalized spacial score (nSPS) is 31.1. The molecule has 3 aliphatic rings. The van der Waals surface area contributed by atoms with Crippen LogP contribution in [0.15, 0.2) is 12.4 Å². The maximum absolute atomic E-state index is 12.2. The van der Waals surface area contributed by atoms with Crippen molar-refractivity contribution in [2.45, 2.75) is 75.7 Å². The largest absolute Gasteiger partial charge is 0.388 e. The van der Waals surface area contributed by atoms with Crippen LogP contribution < -0.4 is 10.6 Å². The Hall–Kier alpha value is -2.01. The van der Waals surface area contributed by atoms with Crippen LogP contribution in [0.2, 0.25) is 0 Å². The highest BCUT2D eigenvalue weighted by molar-refractivity contribution is 5.76. The van der Waals surface area contributed by atoms with Gasteiger partial charge in [-0.2, -0.15) is 0 Å². The molecule has 0 bridgehead atoms. The third-order valence-electron chi connectivity index (χ3n) is 6.60. The Morgan fingerprint density at radius 1 is 1.29 bits per heavy atom. The molecule has 3 saturated heterocycles. The number of hydrogen-bond donors (Lipinski definition) is 3. The molecule has 0 saturated carbocycles. The van der Waals surface area contributed by atoms with Crippen molar-refractivity contribution < 1.29 is 24.2 Å². The lowest BCUT2D eigenvalue weighted by atomic mass is 10.0. The van der Waals surface area contributed by atoms with Crippen molar-refractivity contribution in [3.63, 3.8) is 0 Å². The summed E-state index contributed by atoms with van der Waals surface area (Å²) in [5.41, 5.74) is 0. The molecule has 10 heteroatoms. The highest BCUT2D eigenvalue weighted by atomic mass is 16.6. The number of nitrogens with zero attached hydrogens (tertiary/aromatic N) is 3. The molecule has 0 unspecified atom stereocenters. The van der Waals surface area contributed by atoms with Crippen LogP contribution in [0.25, 0.3) is 0 Å². The van der Waals surface area contributed by atoms with E-state index in [-0.39, 0.29) is 36.5 Å². The van der Waals surface area contributed by atoms with E-state index >= 15 is 0 Å². The number of aliphatic hydroxyl groups excluding tert-OH is 1. The number of carbonyl (C=O) groups excluding carboxylic acids is 2. The van der Waals surface area contributed by atoms with E-state index in [9.17, 15) is 14.7 Å². The van der Waals surface area contributed by atoms with Crippen molar-refractivity contribution >= 4 is 11.8 Å². The van der Waals surface area contributed by atoms with Crippen molar-refractivity contribution in [3.8, 4) is 0 Å². The van der Waals surface area contributed by atoms with E-state index in [4.69, 9.17) is 9.47 Å². The third kappa shape index (κ3) is 5.25. The van der Waals surface area contributed by atoms with Gasteiger partial charge in [0.1, 0.15) is 18.0 Å². The number of aliphatic hydroxyl groups is 1. The minimum atomic E-state index is -0.713. The fraction of sp³-hybridized carbons (Fsp3) is 0.762. The molecule has 1 aromatic heterocycles. The minimum Gasteiger partial charge on any atom is -0.388 e. The zero-order valence-corrected chi connectivity index (χ0v) is 18.2. The second kappa shape index (κ2) is 9.64. The molecule has 0 aromatic carbocycles. The van der Waals surface area contributed by atoms with Gasteiger partial charge in [0.2, 0.25) is 11.8 Å². The number of amides is 2. The van der Waals surface area contributed by atoms with E-state index < -0.39 is 12.2 Å². The van der Waals surface area contributed by atoms with E-state index in [0.29, 0.717) is 25.6 Å². The monoisotopic (exact) mass is 435 g/mol. The Morgan fingerprint density at radius 2 is 2.06 bits per heavy atom. The molecule has 0 aliphatic carbocycles. The van der Waals surface area contributed by atoms with Gasteiger partial charge < -0.3 is 34.7 Å². The van der Waals surface area contributed by atoms with Crippen molar-refractivity contribution in [2.24, 2.45) is 7.05 Å². The molecule has 3 fully saturated rings. The number of likely N-dealkylation sites (tertiary alicyclic amines) is 1. The van der Waals surface area contributed by atoms with Gasteiger partial charge in [-0.05, 0) is 12.8 Å². The zero-order chi connectivity index (χ0) is 22.0. The average molecular weight is 436 g/mol. The molecule has 5 atom stereocenters. The number of piperidine rings is 1. The van der Waals surface area contributed by atoms with Crippen LogP contribution in [0.4, 0.5) is 0 Å². The lowest BCUT2D eigenvalue weighted by Crippen LogP contribution is -2.47. The number of ether oxygens (including phenoxy) is 2. The number of hydrogen-bond acceptors (Lipinski definition) is 7. The summed E-state index contributed by atoms with van der Waals surface area (Å²) in [4.78, 5) is 29.7. The van der Waals surface area contributed by atoms with Crippen LogP contribution in [0.3, 0.4) is 0 Å². The number of aromatic nitrogens is 2. The average Bonchev–Trinajstić information content (AvgIpc) is 3.41. The molecule has 3 aliphatic heterocycles. The molecular weight excluding hydrogens is 402 g/mol. The molecule has 3 N–H and O–H groups in total. The Kier molecular flexibility index (Phi) is 6.90. The van der Waals surface area contributed by atoms with Gasteiger partial charge in [0, 0.05) is 58.5 Å². The van der Waals surface area contributed by atoms with Crippen molar-refractivity contribution in [1.29, 1.82) is 0 Å². The summed E-state index contributed by atoms with van der Waals surface area (Å²) in [6, 6.07) is 0.322. The summed E-state index contributed by atoms with van der Waals surface area (Å²) in [6.07, 6.45) is 4.32. The van der Waals surface area contributed by atoms with Gasteiger partial charge in [0.05, 0.1) is 31.3 Å². The van der Waals surface area contributed by atoms with Gasteiger partial charge >= 0.3 is 0 Å². The van der Waals surface area contributed by atoms with Gasteiger partial charge in [0.25, 0.3) is 0 Å². The predicted octanol–water partition coefficient (Wildman–Crippen LogP) is -0.687. The number of imidazole rings is 1. The molecule has 4 heterocycles. The summed E-state index contributed by atoms with van der Waals surface area (Å²) < 4.78 is 13.9. The molecule has 1 aromatic rings. The van der Waals surface area contributed by atoms with Gasteiger partial charge in [-0.3, -0.25) is 9.59 Å². The van der Waals surface area contributed by atoms with Gasteiger partial charge in [-0.15, -0.1) is 0 Å². The van der Waals surface area contributed by atoms with Gasteiger partial charge in [-0.1, -0.05) is 0 Å². The highest BCUT2D eigenvalue weighted by Crippen LogP contribution is 2.35. The van der Waals surface area contributed by atoms with Gasteiger partial charge in [-0.25, -0.2) is 4.98 Å². The Balaban J connectivity index is 1.16. The number of carbonyl (C=O) groups is 2. The number of aryl methyl sites for hydroxylation is 1. The van der Waals surface area contributed by atoms with Crippen molar-refractivity contribution in [1.82, 2.24) is 25.1 Å². The van der Waals surface area contributed by atoms with Crippen LogP contribution in [-0.4, -0.2) is 87.6 Å².